The number of nitrogens with one attached hydrogen (secondary N) is 1. The van der Waals surface area contributed by atoms with Crippen molar-refractivity contribution in [2.24, 2.45) is 5.14 Å². The Kier molecular flexibility index (Phi) is 4.70. The Bertz CT molecular complexity index is 1060. The molecule has 0 aliphatic carbocycles. The number of sulfonamides is 1. The van der Waals surface area contributed by atoms with Crippen LogP contribution in [0.25, 0.3) is 10.1 Å². The van der Waals surface area contributed by atoms with Crippen molar-refractivity contribution in [2.45, 2.75) is 4.90 Å². The Balaban J connectivity index is 1.88. The molecule has 0 fully saturated rings. The van der Waals surface area contributed by atoms with Crippen molar-refractivity contribution in [1.82, 2.24) is 0 Å². The fourth-order valence-electron chi connectivity index (χ4n) is 2.23. The normalized spacial score (nSPS) is 11.5. The van der Waals surface area contributed by atoms with E-state index in [-0.39, 0.29) is 10.8 Å². The number of carbonyl (C=O) groups is 1. The zero-order valence-electron chi connectivity index (χ0n) is 12.9. The predicted molar refractivity (Wildman–Crippen MR) is 99.2 cm³/mol. The van der Waals surface area contributed by atoms with Gasteiger partial charge in [-0.2, -0.15) is 0 Å². The first kappa shape index (κ1) is 17.7. The van der Waals surface area contributed by atoms with Gasteiger partial charge in [-0.25, -0.2) is 13.6 Å². The number of hydrogen-bond acceptors (Lipinski definition) is 5. The Morgan fingerprint density at radius 2 is 1.88 bits per heavy atom. The standard InChI is InChI=1S/C16H13ClN2O4S2/c1-23-10-4-7-12-13(8-10)24-15(14(12)17)16(20)19-9-2-5-11(6-3-9)25(18,21)22/h2-8H,1H3,(H,19,20)(H2,18,21,22). The molecular formula is C16H13ClN2O4S2. The lowest BCUT2D eigenvalue weighted by Gasteiger charge is -2.05. The number of thiophene rings is 1. The average Bonchev–Trinajstić information content (AvgIpc) is 2.91. The van der Waals surface area contributed by atoms with Crippen LogP contribution in [0.5, 0.6) is 5.75 Å². The smallest absolute Gasteiger partial charge is 0.267 e. The molecule has 0 bridgehead atoms. The van der Waals surface area contributed by atoms with Gasteiger partial charge in [0.1, 0.15) is 10.6 Å². The lowest BCUT2D eigenvalue weighted by Crippen LogP contribution is -2.13. The van der Waals surface area contributed by atoms with Crippen LogP contribution in [0, 0.1) is 0 Å². The van der Waals surface area contributed by atoms with E-state index in [0.717, 1.165) is 10.1 Å². The number of carbonyl (C=O) groups excluding carboxylic acids is 1. The van der Waals surface area contributed by atoms with Crippen molar-refractivity contribution in [3.05, 3.63) is 52.4 Å². The number of fused-ring (bicyclic) bond motifs is 1. The molecule has 3 aromatic rings. The first-order chi connectivity index (χ1) is 11.8. The maximum absolute atomic E-state index is 12.5. The van der Waals surface area contributed by atoms with Gasteiger partial charge in [-0.05, 0) is 42.5 Å². The van der Waals surface area contributed by atoms with Crippen LogP contribution in [0.1, 0.15) is 9.67 Å². The Hall–Kier alpha value is -2.13. The third-order valence-electron chi connectivity index (χ3n) is 3.48. The summed E-state index contributed by atoms with van der Waals surface area (Å²) in [5.74, 6) is 0.296. The van der Waals surface area contributed by atoms with Crippen molar-refractivity contribution in [3.63, 3.8) is 0 Å². The van der Waals surface area contributed by atoms with E-state index in [9.17, 15) is 13.2 Å². The maximum Gasteiger partial charge on any atom is 0.267 e. The first-order valence-electron chi connectivity index (χ1n) is 7.00. The summed E-state index contributed by atoms with van der Waals surface area (Å²) in [7, 11) is -2.21. The van der Waals surface area contributed by atoms with E-state index in [4.69, 9.17) is 21.5 Å². The third-order valence-corrected chi connectivity index (χ3v) is 6.07. The number of benzene rings is 2. The van der Waals surface area contributed by atoms with Crippen molar-refractivity contribution < 1.29 is 17.9 Å². The van der Waals surface area contributed by atoms with Gasteiger partial charge >= 0.3 is 0 Å². The highest BCUT2D eigenvalue weighted by Gasteiger charge is 2.18. The van der Waals surface area contributed by atoms with Crippen LogP contribution in [0.3, 0.4) is 0 Å². The molecule has 0 saturated carbocycles. The number of methoxy groups -OCH3 is 1. The molecule has 2 aromatic carbocycles. The molecular weight excluding hydrogens is 384 g/mol. The largest absolute Gasteiger partial charge is 0.497 e. The summed E-state index contributed by atoms with van der Waals surface area (Å²) in [5.41, 5.74) is 0.434. The molecule has 9 heteroatoms. The number of nitrogens with two attached hydrogens (primary N) is 1. The maximum atomic E-state index is 12.5. The highest BCUT2D eigenvalue weighted by atomic mass is 35.5. The minimum Gasteiger partial charge on any atom is -0.497 e. The van der Waals surface area contributed by atoms with Crippen LogP contribution in [0.2, 0.25) is 5.02 Å². The van der Waals surface area contributed by atoms with Gasteiger partial charge in [0, 0.05) is 15.8 Å². The molecule has 6 nitrogen and oxygen atoms in total. The number of anilines is 1. The van der Waals surface area contributed by atoms with E-state index in [1.165, 1.54) is 35.6 Å². The SMILES string of the molecule is COc1ccc2c(Cl)c(C(=O)Nc3ccc(S(N)(=O)=O)cc3)sc2c1. The van der Waals surface area contributed by atoms with Crippen LogP contribution in [-0.4, -0.2) is 21.4 Å². The molecule has 3 rings (SSSR count). The molecule has 0 spiro atoms. The molecule has 3 N–H and O–H groups in total. The van der Waals surface area contributed by atoms with Crippen molar-refractivity contribution >= 4 is 54.6 Å². The minimum absolute atomic E-state index is 0.0301. The Labute approximate surface area is 153 Å². The van der Waals surface area contributed by atoms with Crippen LogP contribution < -0.4 is 15.2 Å². The van der Waals surface area contributed by atoms with E-state index < -0.39 is 10.0 Å². The van der Waals surface area contributed by atoms with E-state index in [2.05, 4.69) is 5.32 Å². The fourth-order valence-corrected chi connectivity index (χ4v) is 4.19. The first-order valence-corrected chi connectivity index (χ1v) is 9.74. The molecule has 0 aliphatic rings. The highest BCUT2D eigenvalue weighted by Crippen LogP contribution is 2.37. The quantitative estimate of drug-likeness (QED) is 0.705. The lowest BCUT2D eigenvalue weighted by atomic mass is 10.2. The molecule has 1 aromatic heterocycles. The Morgan fingerprint density at radius 3 is 2.48 bits per heavy atom. The van der Waals surface area contributed by atoms with Gasteiger partial charge in [-0.1, -0.05) is 11.6 Å². The van der Waals surface area contributed by atoms with Gasteiger partial charge in [0.2, 0.25) is 10.0 Å². The van der Waals surface area contributed by atoms with Crippen LogP contribution in [-0.2, 0) is 10.0 Å². The highest BCUT2D eigenvalue weighted by molar-refractivity contribution is 7.89. The van der Waals surface area contributed by atoms with Crippen LogP contribution >= 0.6 is 22.9 Å². The van der Waals surface area contributed by atoms with E-state index >= 15 is 0 Å². The van der Waals surface area contributed by atoms with Gasteiger partial charge < -0.3 is 10.1 Å². The summed E-state index contributed by atoms with van der Waals surface area (Å²) in [4.78, 5) is 12.8. The van der Waals surface area contributed by atoms with Crippen molar-refractivity contribution in [1.29, 1.82) is 0 Å². The summed E-state index contributed by atoms with van der Waals surface area (Å²) in [5, 5.41) is 8.86. The third kappa shape index (κ3) is 3.62. The van der Waals surface area contributed by atoms with Gasteiger partial charge in [0.25, 0.3) is 5.91 Å². The molecule has 25 heavy (non-hydrogen) atoms. The molecule has 1 amide bonds. The molecule has 130 valence electrons. The average molecular weight is 397 g/mol. The second-order valence-electron chi connectivity index (χ2n) is 5.13. The Morgan fingerprint density at radius 1 is 1.20 bits per heavy atom. The molecule has 0 radical (unpaired) electrons. The summed E-state index contributed by atoms with van der Waals surface area (Å²) in [6, 6.07) is 10.9. The summed E-state index contributed by atoms with van der Waals surface area (Å²) >= 11 is 7.56. The zero-order chi connectivity index (χ0) is 18.2. The van der Waals surface area contributed by atoms with Crippen LogP contribution in [0.15, 0.2) is 47.4 Å². The van der Waals surface area contributed by atoms with Gasteiger partial charge in [0.05, 0.1) is 17.0 Å². The molecule has 1 heterocycles. The number of hydrogen-bond donors (Lipinski definition) is 2. The molecule has 0 saturated heterocycles. The number of primary sulfonamides is 1. The van der Waals surface area contributed by atoms with Gasteiger partial charge in [-0.15, -0.1) is 11.3 Å². The van der Waals surface area contributed by atoms with Gasteiger partial charge in [-0.3, -0.25) is 4.79 Å². The summed E-state index contributed by atoms with van der Waals surface area (Å²) < 4.78 is 28.5. The van der Waals surface area contributed by atoms with Crippen LogP contribution in [0.4, 0.5) is 5.69 Å². The van der Waals surface area contributed by atoms with E-state index in [1.807, 2.05) is 6.07 Å². The lowest BCUT2D eigenvalue weighted by molar-refractivity contribution is 0.103. The monoisotopic (exact) mass is 396 g/mol. The number of amides is 1. The number of rotatable bonds is 4. The summed E-state index contributed by atoms with van der Waals surface area (Å²) in [6.07, 6.45) is 0. The predicted octanol–water partition coefficient (Wildman–Crippen LogP) is 3.46. The molecule has 0 unspecified atom stereocenters. The minimum atomic E-state index is -3.77. The number of halogens is 1. The second kappa shape index (κ2) is 6.64. The topological polar surface area (TPSA) is 98.5 Å². The zero-order valence-corrected chi connectivity index (χ0v) is 15.3. The molecule has 0 aliphatic heterocycles. The fraction of sp³-hybridized carbons (Fsp3) is 0.0625. The van der Waals surface area contributed by atoms with E-state index in [1.54, 1.807) is 19.2 Å². The van der Waals surface area contributed by atoms with Crippen molar-refractivity contribution in [2.75, 3.05) is 12.4 Å². The number of ether oxygens (including phenoxy) is 1. The molecule has 0 atom stereocenters. The van der Waals surface area contributed by atoms with Gasteiger partial charge in [0.15, 0.2) is 0 Å². The van der Waals surface area contributed by atoms with E-state index in [0.29, 0.717) is 21.3 Å². The second-order valence-corrected chi connectivity index (χ2v) is 8.12. The van der Waals surface area contributed by atoms with Crippen molar-refractivity contribution in [3.8, 4) is 5.75 Å². The summed E-state index contributed by atoms with van der Waals surface area (Å²) in [6.45, 7) is 0.